The summed E-state index contributed by atoms with van der Waals surface area (Å²) in [6, 6.07) is 1.57. The van der Waals surface area contributed by atoms with Crippen LogP contribution in [0.15, 0.2) is 18.2 Å². The number of piperidine rings is 1. The van der Waals surface area contributed by atoms with Gasteiger partial charge in [-0.25, -0.2) is 9.18 Å². The zero-order chi connectivity index (χ0) is 22.5. The van der Waals surface area contributed by atoms with E-state index in [1.54, 1.807) is 6.92 Å². The van der Waals surface area contributed by atoms with Crippen molar-refractivity contribution in [1.82, 2.24) is 4.90 Å². The van der Waals surface area contributed by atoms with Crippen LogP contribution in [-0.4, -0.2) is 49.4 Å². The predicted octanol–water partition coefficient (Wildman–Crippen LogP) is 3.77. The molecule has 0 unspecified atom stereocenters. The normalized spacial score (nSPS) is 19.2. The number of carbonyl (C=O) groups is 3. The van der Waals surface area contributed by atoms with E-state index in [4.69, 9.17) is 9.47 Å². The summed E-state index contributed by atoms with van der Waals surface area (Å²) in [5.74, 6) is -3.55. The molecule has 30 heavy (non-hydrogen) atoms. The van der Waals surface area contributed by atoms with Crippen LogP contribution in [0.5, 0.6) is 5.75 Å². The molecule has 0 bridgehead atoms. The molecule has 0 saturated carbocycles. The number of esters is 1. The van der Waals surface area contributed by atoms with Crippen molar-refractivity contribution in [2.24, 2.45) is 5.92 Å². The first-order chi connectivity index (χ1) is 14.1. The third-order valence-corrected chi connectivity index (χ3v) is 4.66. The van der Waals surface area contributed by atoms with Gasteiger partial charge in [0.2, 0.25) is 0 Å². The quantitative estimate of drug-likeness (QED) is 0.384. The van der Waals surface area contributed by atoms with Gasteiger partial charge in [0.1, 0.15) is 23.8 Å². The summed E-state index contributed by atoms with van der Waals surface area (Å²) < 4.78 is 64.8. The predicted molar refractivity (Wildman–Crippen MR) is 93.9 cm³/mol. The number of hydrogen-bond donors (Lipinski definition) is 0. The largest absolute Gasteiger partial charge is 0.573 e. The molecule has 2 rings (SSSR count). The fraction of sp³-hybridized carbons (Fsp3) is 0.526. The third kappa shape index (κ3) is 6.07. The van der Waals surface area contributed by atoms with E-state index in [1.165, 1.54) is 4.90 Å². The molecule has 2 atom stereocenters. The molecule has 0 radical (unpaired) electrons. The Balaban J connectivity index is 2.26. The molecule has 0 aromatic heterocycles. The van der Waals surface area contributed by atoms with E-state index in [0.29, 0.717) is 6.07 Å². The number of carbonyl (C=O) groups excluding carboxylic acids is 3. The maximum absolute atomic E-state index is 14.6. The van der Waals surface area contributed by atoms with Crippen molar-refractivity contribution in [3.63, 3.8) is 0 Å². The number of alkyl halides is 3. The van der Waals surface area contributed by atoms with Crippen molar-refractivity contribution in [2.45, 2.75) is 38.6 Å². The van der Waals surface area contributed by atoms with Gasteiger partial charge in [0.15, 0.2) is 0 Å². The number of likely N-dealkylation sites (tertiary alicyclic amines) is 1. The van der Waals surface area contributed by atoms with Gasteiger partial charge in [-0.15, -0.1) is 13.2 Å². The zero-order valence-corrected chi connectivity index (χ0v) is 16.3. The van der Waals surface area contributed by atoms with E-state index in [0.717, 1.165) is 19.2 Å². The molecule has 1 heterocycles. The van der Waals surface area contributed by atoms with E-state index in [1.807, 2.05) is 0 Å². The number of benzene rings is 1. The average Bonchev–Trinajstić information content (AvgIpc) is 2.66. The van der Waals surface area contributed by atoms with Gasteiger partial charge in [-0.05, 0) is 25.8 Å². The number of rotatable bonds is 6. The Morgan fingerprint density at radius 3 is 2.50 bits per heavy atom. The summed E-state index contributed by atoms with van der Waals surface area (Å²) in [7, 11) is 1.13. The zero-order valence-electron chi connectivity index (χ0n) is 16.3. The van der Waals surface area contributed by atoms with Crippen LogP contribution < -0.4 is 4.74 Å². The fourth-order valence-electron chi connectivity index (χ4n) is 3.36. The molecule has 0 aliphatic carbocycles. The monoisotopic (exact) mass is 435 g/mol. The van der Waals surface area contributed by atoms with Crippen molar-refractivity contribution in [2.75, 3.05) is 20.3 Å². The minimum atomic E-state index is -4.98. The smallest absolute Gasteiger partial charge is 0.466 e. The highest BCUT2D eigenvalue weighted by atomic mass is 19.4. The Kier molecular flexibility index (Phi) is 7.63. The van der Waals surface area contributed by atoms with Crippen LogP contribution in [-0.2, 0) is 19.1 Å². The number of Topliss-reactive ketones (excluding diaryl/α,β-unsaturated/α-hetero) is 1. The molecule has 11 heteroatoms. The molecular weight excluding hydrogens is 414 g/mol. The second-order valence-corrected chi connectivity index (χ2v) is 6.58. The molecule has 166 valence electrons. The summed E-state index contributed by atoms with van der Waals surface area (Å²) >= 11 is 0. The third-order valence-electron chi connectivity index (χ3n) is 4.66. The Bertz CT molecular complexity index is 798. The Morgan fingerprint density at radius 1 is 1.23 bits per heavy atom. The van der Waals surface area contributed by atoms with Gasteiger partial charge in [0, 0.05) is 24.1 Å². The van der Waals surface area contributed by atoms with E-state index in [-0.39, 0.29) is 31.6 Å². The molecule has 1 fully saturated rings. The van der Waals surface area contributed by atoms with Crippen LogP contribution >= 0.6 is 0 Å². The summed E-state index contributed by atoms with van der Waals surface area (Å²) in [6.45, 7) is 1.76. The lowest BCUT2D eigenvalue weighted by molar-refractivity contribution is -0.274. The van der Waals surface area contributed by atoms with Crippen LogP contribution in [0.1, 0.15) is 37.8 Å². The second-order valence-electron chi connectivity index (χ2n) is 6.58. The van der Waals surface area contributed by atoms with Crippen molar-refractivity contribution >= 4 is 17.8 Å². The number of halogens is 4. The van der Waals surface area contributed by atoms with Crippen LogP contribution in [0.25, 0.3) is 0 Å². The molecule has 1 aliphatic heterocycles. The molecule has 7 nitrogen and oxygen atoms in total. The van der Waals surface area contributed by atoms with Gasteiger partial charge in [-0.2, -0.15) is 0 Å². The summed E-state index contributed by atoms with van der Waals surface area (Å²) in [5, 5.41) is 0. The number of nitrogens with zero attached hydrogens (tertiary/aromatic N) is 1. The van der Waals surface area contributed by atoms with E-state index in [2.05, 4.69) is 4.74 Å². The van der Waals surface area contributed by atoms with E-state index >= 15 is 0 Å². The minimum absolute atomic E-state index is 0.0241. The van der Waals surface area contributed by atoms with Crippen molar-refractivity contribution in [1.29, 1.82) is 0 Å². The van der Waals surface area contributed by atoms with Crippen LogP contribution in [0.4, 0.5) is 22.4 Å². The first-order valence-electron chi connectivity index (χ1n) is 9.13. The number of ketones is 1. The minimum Gasteiger partial charge on any atom is -0.466 e. The highest BCUT2D eigenvalue weighted by Gasteiger charge is 2.38. The molecular formula is C19H21F4NO6. The summed E-state index contributed by atoms with van der Waals surface area (Å²) in [4.78, 5) is 37.3. The van der Waals surface area contributed by atoms with Crippen LogP contribution in [0, 0.1) is 11.7 Å². The van der Waals surface area contributed by atoms with Crippen LogP contribution in [0.3, 0.4) is 0 Å². The number of amides is 1. The van der Waals surface area contributed by atoms with Crippen molar-refractivity contribution in [3.8, 4) is 5.75 Å². The Labute approximate surface area is 169 Å². The lowest BCUT2D eigenvalue weighted by Gasteiger charge is -2.38. The van der Waals surface area contributed by atoms with Gasteiger partial charge in [-0.1, -0.05) is 6.07 Å². The van der Waals surface area contributed by atoms with Gasteiger partial charge in [-0.3, -0.25) is 9.59 Å². The summed E-state index contributed by atoms with van der Waals surface area (Å²) in [5.41, 5.74) is -0.0939. The van der Waals surface area contributed by atoms with Crippen molar-refractivity contribution < 1.29 is 46.2 Å². The van der Waals surface area contributed by atoms with Gasteiger partial charge in [0.25, 0.3) is 0 Å². The Hall–Kier alpha value is -2.85. The van der Waals surface area contributed by atoms with Crippen LogP contribution in [0.2, 0.25) is 0 Å². The highest BCUT2D eigenvalue weighted by molar-refractivity contribution is 5.97. The topological polar surface area (TPSA) is 82.1 Å². The van der Waals surface area contributed by atoms with Gasteiger partial charge >= 0.3 is 18.4 Å². The lowest BCUT2D eigenvalue weighted by Crippen LogP contribution is -2.43. The molecule has 0 N–H and O–H groups in total. The molecule has 0 spiro atoms. The van der Waals surface area contributed by atoms with Gasteiger partial charge < -0.3 is 19.1 Å². The van der Waals surface area contributed by atoms with Gasteiger partial charge in [0.05, 0.1) is 19.8 Å². The molecule has 1 saturated heterocycles. The standard InChI is InChI=1S/C19H21F4NO6/c1-3-29-17(26)10-16(25)11-6-7-24(18(27)28-2)15(8-11)13-5-4-12(9-14(13)20)30-19(21,22)23/h4-5,9,11,15H,3,6-8,10H2,1-2H3/t11-,15-/m0/s1. The molecule has 1 aromatic rings. The first kappa shape index (κ1) is 23.4. The van der Waals surface area contributed by atoms with Crippen molar-refractivity contribution in [3.05, 3.63) is 29.6 Å². The molecule has 1 amide bonds. The first-order valence-corrected chi connectivity index (χ1v) is 9.13. The van der Waals surface area contributed by atoms with E-state index < -0.39 is 54.2 Å². The second kappa shape index (κ2) is 9.77. The highest BCUT2D eigenvalue weighted by Crippen LogP contribution is 2.38. The maximum atomic E-state index is 14.6. The Morgan fingerprint density at radius 2 is 1.93 bits per heavy atom. The SMILES string of the molecule is CCOC(=O)CC(=O)[C@H]1CCN(C(=O)OC)[C@H](c2ccc(OC(F)(F)F)cc2F)C1. The molecule has 1 aliphatic rings. The maximum Gasteiger partial charge on any atom is 0.573 e. The number of ether oxygens (including phenoxy) is 3. The van der Waals surface area contributed by atoms with E-state index in [9.17, 15) is 31.9 Å². The lowest BCUT2D eigenvalue weighted by atomic mass is 9.83. The molecule has 1 aromatic carbocycles. The average molecular weight is 435 g/mol. The number of hydrogen-bond acceptors (Lipinski definition) is 6. The summed E-state index contributed by atoms with van der Waals surface area (Å²) in [6.07, 6.45) is -6.01. The fourth-order valence-corrected chi connectivity index (χ4v) is 3.36. The number of methoxy groups -OCH3 is 1.